The number of carbonyl (C=O) groups excluding carboxylic acids is 1. The van der Waals surface area contributed by atoms with Gasteiger partial charge in [-0.05, 0) is 19.4 Å². The van der Waals surface area contributed by atoms with Gasteiger partial charge in [0.05, 0.1) is 11.3 Å². The van der Waals surface area contributed by atoms with Crippen molar-refractivity contribution in [1.82, 2.24) is 15.3 Å². The summed E-state index contributed by atoms with van der Waals surface area (Å²) in [5, 5.41) is 11.8. The number of benzene rings is 1. The van der Waals surface area contributed by atoms with Crippen LogP contribution in [0.2, 0.25) is 0 Å². The summed E-state index contributed by atoms with van der Waals surface area (Å²) in [5.74, 6) is -1.00. The van der Waals surface area contributed by atoms with Gasteiger partial charge in [-0.1, -0.05) is 30.3 Å². The largest absolute Gasteiger partial charge is 0.480 e. The smallest absolute Gasteiger partial charge is 0.326 e. The van der Waals surface area contributed by atoms with Crippen LogP contribution >= 0.6 is 0 Å². The van der Waals surface area contributed by atoms with Crippen LogP contribution in [-0.4, -0.2) is 33.0 Å². The van der Waals surface area contributed by atoms with Crippen molar-refractivity contribution in [1.29, 1.82) is 0 Å². The predicted molar refractivity (Wildman–Crippen MR) is 80.5 cm³/mol. The van der Waals surface area contributed by atoms with Crippen molar-refractivity contribution < 1.29 is 14.7 Å². The molecule has 1 amide bonds. The second kappa shape index (κ2) is 6.80. The summed E-state index contributed by atoms with van der Waals surface area (Å²) in [6.07, 6.45) is 1.63. The molecule has 0 saturated heterocycles. The van der Waals surface area contributed by atoms with Crippen molar-refractivity contribution in [3.63, 3.8) is 0 Å². The highest BCUT2D eigenvalue weighted by Crippen LogP contribution is 2.07. The Labute approximate surface area is 128 Å². The molecule has 0 fully saturated rings. The maximum Gasteiger partial charge on any atom is 0.326 e. The van der Waals surface area contributed by atoms with Crippen LogP contribution in [0.4, 0.5) is 0 Å². The Balaban J connectivity index is 2.14. The number of carboxylic acids is 1. The number of rotatable bonds is 5. The molecule has 0 aliphatic carbocycles. The lowest BCUT2D eigenvalue weighted by atomic mass is 10.1. The summed E-state index contributed by atoms with van der Waals surface area (Å²) in [5.41, 5.74) is 1.64. The number of aryl methyl sites for hydroxylation is 2. The van der Waals surface area contributed by atoms with Gasteiger partial charge in [0.2, 0.25) is 0 Å². The average Bonchev–Trinajstić information content (AvgIpc) is 2.47. The maximum atomic E-state index is 12.2. The van der Waals surface area contributed by atoms with Crippen molar-refractivity contribution >= 4 is 11.9 Å². The van der Waals surface area contributed by atoms with Gasteiger partial charge in [0.1, 0.15) is 11.9 Å². The molecule has 0 aliphatic heterocycles. The number of hydrogen-bond acceptors (Lipinski definition) is 4. The number of amides is 1. The van der Waals surface area contributed by atoms with Gasteiger partial charge in [-0.2, -0.15) is 0 Å². The molecule has 114 valence electrons. The Morgan fingerprint density at radius 2 is 1.91 bits per heavy atom. The third-order valence-corrected chi connectivity index (χ3v) is 3.23. The molecular formula is C16H17N3O3. The van der Waals surface area contributed by atoms with Crippen molar-refractivity contribution in [2.24, 2.45) is 0 Å². The molecule has 6 nitrogen and oxygen atoms in total. The van der Waals surface area contributed by atoms with Crippen LogP contribution in [0.5, 0.6) is 0 Å². The number of hydrogen-bond donors (Lipinski definition) is 2. The molecule has 1 aromatic carbocycles. The second-order valence-corrected chi connectivity index (χ2v) is 4.97. The highest BCUT2D eigenvalue weighted by molar-refractivity contribution is 5.97. The van der Waals surface area contributed by atoms with Crippen LogP contribution in [0.3, 0.4) is 0 Å². The van der Waals surface area contributed by atoms with E-state index in [0.29, 0.717) is 11.5 Å². The third kappa shape index (κ3) is 3.88. The van der Waals surface area contributed by atoms with Gasteiger partial charge in [0.25, 0.3) is 5.91 Å². The first-order chi connectivity index (χ1) is 10.5. The summed E-state index contributed by atoms with van der Waals surface area (Å²) in [6.45, 7) is 3.42. The summed E-state index contributed by atoms with van der Waals surface area (Å²) in [4.78, 5) is 31.7. The van der Waals surface area contributed by atoms with E-state index in [0.717, 1.165) is 5.56 Å². The topological polar surface area (TPSA) is 92.2 Å². The van der Waals surface area contributed by atoms with E-state index in [4.69, 9.17) is 0 Å². The average molecular weight is 299 g/mol. The number of nitrogens with one attached hydrogen (secondary N) is 1. The fourth-order valence-corrected chi connectivity index (χ4v) is 2.09. The zero-order valence-corrected chi connectivity index (χ0v) is 12.4. The standard InChI is InChI=1S/C16H17N3O3/c1-10-13(9-17-11(2)18-10)15(20)19-14(16(21)22)8-12-6-4-3-5-7-12/h3-7,9,14H,8H2,1-2H3,(H,19,20)(H,21,22)/t14-/m1/s1. The van der Waals surface area contributed by atoms with E-state index < -0.39 is 17.9 Å². The quantitative estimate of drug-likeness (QED) is 0.873. The minimum atomic E-state index is -1.08. The van der Waals surface area contributed by atoms with E-state index in [9.17, 15) is 14.7 Å². The monoisotopic (exact) mass is 299 g/mol. The molecule has 6 heteroatoms. The molecular weight excluding hydrogens is 282 g/mol. The molecule has 1 aromatic heterocycles. The van der Waals surface area contributed by atoms with Crippen LogP contribution in [0.15, 0.2) is 36.5 Å². The van der Waals surface area contributed by atoms with Gasteiger partial charge in [-0.15, -0.1) is 0 Å². The van der Waals surface area contributed by atoms with Gasteiger partial charge in [0, 0.05) is 12.6 Å². The molecule has 0 aliphatic rings. The Kier molecular flexibility index (Phi) is 4.83. The molecule has 22 heavy (non-hydrogen) atoms. The predicted octanol–water partition coefficient (Wildman–Crippen LogP) is 1.52. The van der Waals surface area contributed by atoms with E-state index in [-0.39, 0.29) is 12.0 Å². The van der Waals surface area contributed by atoms with Crippen LogP contribution < -0.4 is 5.32 Å². The minimum absolute atomic E-state index is 0.216. The number of carbonyl (C=O) groups is 2. The van der Waals surface area contributed by atoms with Gasteiger partial charge < -0.3 is 10.4 Å². The second-order valence-electron chi connectivity index (χ2n) is 4.97. The molecule has 0 unspecified atom stereocenters. The molecule has 2 N–H and O–H groups in total. The van der Waals surface area contributed by atoms with E-state index >= 15 is 0 Å². The lowest BCUT2D eigenvalue weighted by Gasteiger charge is -2.15. The SMILES string of the molecule is Cc1ncc(C(=O)N[C@H](Cc2ccccc2)C(=O)O)c(C)n1. The van der Waals surface area contributed by atoms with Crippen LogP contribution in [0.1, 0.15) is 27.4 Å². The summed E-state index contributed by atoms with van der Waals surface area (Å²) >= 11 is 0. The molecule has 1 atom stereocenters. The highest BCUT2D eigenvalue weighted by atomic mass is 16.4. The van der Waals surface area contributed by atoms with Gasteiger partial charge in [-0.3, -0.25) is 4.79 Å². The van der Waals surface area contributed by atoms with Crippen molar-refractivity contribution in [3.8, 4) is 0 Å². The fourth-order valence-electron chi connectivity index (χ4n) is 2.09. The van der Waals surface area contributed by atoms with Crippen molar-refractivity contribution in [2.45, 2.75) is 26.3 Å². The van der Waals surface area contributed by atoms with Crippen LogP contribution in [0.25, 0.3) is 0 Å². The molecule has 0 radical (unpaired) electrons. The zero-order chi connectivity index (χ0) is 16.1. The number of aliphatic carboxylic acids is 1. The lowest BCUT2D eigenvalue weighted by molar-refractivity contribution is -0.139. The molecule has 0 saturated carbocycles. The van der Waals surface area contributed by atoms with E-state index in [2.05, 4.69) is 15.3 Å². The van der Waals surface area contributed by atoms with E-state index in [1.807, 2.05) is 30.3 Å². The first kappa shape index (κ1) is 15.6. The zero-order valence-electron chi connectivity index (χ0n) is 12.4. The Morgan fingerprint density at radius 3 is 2.50 bits per heavy atom. The Hall–Kier alpha value is -2.76. The number of aromatic nitrogens is 2. The molecule has 2 rings (SSSR count). The van der Waals surface area contributed by atoms with Crippen molar-refractivity contribution in [3.05, 3.63) is 59.2 Å². The Morgan fingerprint density at radius 1 is 1.23 bits per heavy atom. The summed E-state index contributed by atoms with van der Waals surface area (Å²) < 4.78 is 0. The summed E-state index contributed by atoms with van der Waals surface area (Å²) in [6, 6.07) is 8.15. The number of carboxylic acid groups (broad SMARTS) is 1. The van der Waals surface area contributed by atoms with E-state index in [1.54, 1.807) is 13.8 Å². The molecule has 0 spiro atoms. The first-order valence-corrected chi connectivity index (χ1v) is 6.85. The normalized spacial score (nSPS) is 11.7. The summed E-state index contributed by atoms with van der Waals surface area (Å²) in [7, 11) is 0. The van der Waals surface area contributed by atoms with E-state index in [1.165, 1.54) is 6.20 Å². The molecule has 1 heterocycles. The van der Waals surface area contributed by atoms with Crippen LogP contribution in [-0.2, 0) is 11.2 Å². The highest BCUT2D eigenvalue weighted by Gasteiger charge is 2.22. The Bertz CT molecular complexity index is 686. The first-order valence-electron chi connectivity index (χ1n) is 6.85. The molecule has 2 aromatic rings. The van der Waals surface area contributed by atoms with Gasteiger partial charge >= 0.3 is 5.97 Å². The minimum Gasteiger partial charge on any atom is -0.480 e. The lowest BCUT2D eigenvalue weighted by Crippen LogP contribution is -2.42. The van der Waals surface area contributed by atoms with Crippen LogP contribution in [0, 0.1) is 13.8 Å². The number of nitrogens with zero attached hydrogens (tertiary/aromatic N) is 2. The molecule has 0 bridgehead atoms. The maximum absolute atomic E-state index is 12.2. The fraction of sp³-hybridized carbons (Fsp3) is 0.250. The third-order valence-electron chi connectivity index (χ3n) is 3.23. The van der Waals surface area contributed by atoms with Gasteiger partial charge in [0.15, 0.2) is 0 Å². The van der Waals surface area contributed by atoms with Crippen molar-refractivity contribution in [2.75, 3.05) is 0 Å². The van der Waals surface area contributed by atoms with Gasteiger partial charge in [-0.25, -0.2) is 14.8 Å².